The van der Waals surface area contributed by atoms with Crippen LogP contribution in [0.1, 0.15) is 46.2 Å². The predicted molar refractivity (Wildman–Crippen MR) is 126 cm³/mol. The van der Waals surface area contributed by atoms with Crippen LogP contribution in [0.2, 0.25) is 0 Å². The van der Waals surface area contributed by atoms with Gasteiger partial charge in [0.25, 0.3) is 0 Å². The van der Waals surface area contributed by atoms with Gasteiger partial charge in [0.2, 0.25) is 11.8 Å². The maximum Gasteiger partial charge on any atom is 0.312 e. The standard InChI is InChI=1S/C26H24N4O4/c1-16-5-3-4-6-21(16)22(14-23(30-33)20-11-12-27-17(2)13-20)18-7-9-19(10-8-18)26-29-28-24(34-26)15-25(31)32/h3-13,22,33H,14-15H2,1-2H3,(H,31,32)/b30-23-. The smallest absolute Gasteiger partial charge is 0.312 e. The van der Waals surface area contributed by atoms with E-state index in [1.807, 2.05) is 55.5 Å². The first-order valence-electron chi connectivity index (χ1n) is 10.8. The molecule has 0 fully saturated rings. The number of carbonyl (C=O) groups is 1. The van der Waals surface area contributed by atoms with Gasteiger partial charge in [-0.25, -0.2) is 0 Å². The molecule has 0 saturated heterocycles. The van der Waals surface area contributed by atoms with Crippen LogP contribution in [0.15, 0.2) is 76.4 Å². The first-order valence-corrected chi connectivity index (χ1v) is 10.8. The molecule has 0 saturated carbocycles. The maximum absolute atomic E-state index is 10.9. The first kappa shape index (κ1) is 22.8. The Labute approximate surface area is 196 Å². The lowest BCUT2D eigenvalue weighted by molar-refractivity contribution is -0.136. The van der Waals surface area contributed by atoms with Crippen LogP contribution < -0.4 is 0 Å². The van der Waals surface area contributed by atoms with Gasteiger partial charge < -0.3 is 14.7 Å². The third-order valence-electron chi connectivity index (χ3n) is 5.64. The molecule has 8 heteroatoms. The lowest BCUT2D eigenvalue weighted by atomic mass is 9.83. The summed E-state index contributed by atoms with van der Waals surface area (Å²) in [7, 11) is 0. The average Bonchev–Trinajstić information content (AvgIpc) is 3.28. The molecule has 0 aliphatic heterocycles. The van der Waals surface area contributed by atoms with Gasteiger partial charge in [-0.2, -0.15) is 0 Å². The van der Waals surface area contributed by atoms with Crippen LogP contribution in [0.5, 0.6) is 0 Å². The molecule has 2 aromatic heterocycles. The van der Waals surface area contributed by atoms with Crippen molar-refractivity contribution in [3.05, 3.63) is 101 Å². The number of carboxylic acid groups (broad SMARTS) is 1. The van der Waals surface area contributed by atoms with E-state index in [0.29, 0.717) is 17.7 Å². The minimum atomic E-state index is -1.03. The molecule has 0 amide bonds. The fraction of sp³-hybridized carbons (Fsp3) is 0.192. The summed E-state index contributed by atoms with van der Waals surface area (Å²) in [6, 6.07) is 19.6. The lowest BCUT2D eigenvalue weighted by Gasteiger charge is -2.21. The van der Waals surface area contributed by atoms with Crippen LogP contribution in [-0.2, 0) is 11.2 Å². The van der Waals surface area contributed by atoms with Gasteiger partial charge in [0.1, 0.15) is 6.42 Å². The van der Waals surface area contributed by atoms with Gasteiger partial charge in [0, 0.05) is 35.4 Å². The average molecular weight is 457 g/mol. The summed E-state index contributed by atoms with van der Waals surface area (Å²) in [5.74, 6) is -0.779. The molecule has 2 heterocycles. The minimum Gasteiger partial charge on any atom is -0.481 e. The fourth-order valence-corrected chi connectivity index (χ4v) is 3.95. The van der Waals surface area contributed by atoms with Crippen molar-refractivity contribution in [1.29, 1.82) is 0 Å². The molecule has 0 bridgehead atoms. The topological polar surface area (TPSA) is 122 Å². The van der Waals surface area contributed by atoms with Crippen LogP contribution >= 0.6 is 0 Å². The van der Waals surface area contributed by atoms with Crippen LogP contribution in [-0.4, -0.2) is 37.2 Å². The zero-order valence-electron chi connectivity index (χ0n) is 18.8. The molecule has 0 aliphatic rings. The van der Waals surface area contributed by atoms with Crippen molar-refractivity contribution in [3.63, 3.8) is 0 Å². The second kappa shape index (κ2) is 10.1. The summed E-state index contributed by atoms with van der Waals surface area (Å²) in [5, 5.41) is 30.1. The Morgan fingerprint density at radius 1 is 1.06 bits per heavy atom. The molecule has 4 rings (SSSR count). The summed E-state index contributed by atoms with van der Waals surface area (Å²) in [6.07, 6.45) is 1.86. The molecule has 34 heavy (non-hydrogen) atoms. The Morgan fingerprint density at radius 2 is 1.82 bits per heavy atom. The zero-order chi connectivity index (χ0) is 24.1. The molecular formula is C26H24N4O4. The van der Waals surface area contributed by atoms with Gasteiger partial charge in [-0.3, -0.25) is 9.78 Å². The molecule has 2 N–H and O–H groups in total. The number of hydrogen-bond donors (Lipinski definition) is 2. The van der Waals surface area contributed by atoms with Crippen molar-refractivity contribution in [2.45, 2.75) is 32.6 Å². The third-order valence-corrected chi connectivity index (χ3v) is 5.64. The summed E-state index contributed by atoms with van der Waals surface area (Å²) < 4.78 is 5.47. The summed E-state index contributed by atoms with van der Waals surface area (Å²) >= 11 is 0. The number of nitrogens with zero attached hydrogens (tertiary/aromatic N) is 4. The van der Waals surface area contributed by atoms with E-state index >= 15 is 0 Å². The van der Waals surface area contributed by atoms with Gasteiger partial charge in [-0.1, -0.05) is 41.6 Å². The Bertz CT molecular complexity index is 1330. The SMILES string of the molecule is Cc1cc(/C(CC(c2ccc(-c3nnc(CC(=O)O)o3)cc2)c2ccccc2C)=N\O)ccn1. The Morgan fingerprint density at radius 3 is 2.50 bits per heavy atom. The molecule has 2 aromatic carbocycles. The van der Waals surface area contributed by atoms with E-state index in [4.69, 9.17) is 9.52 Å². The number of benzene rings is 2. The summed E-state index contributed by atoms with van der Waals surface area (Å²) in [5.41, 5.74) is 6.21. The van der Waals surface area contributed by atoms with Gasteiger partial charge in [-0.05, 0) is 54.8 Å². The summed E-state index contributed by atoms with van der Waals surface area (Å²) in [4.78, 5) is 15.1. The number of aliphatic carboxylic acids is 1. The Kier molecular flexibility index (Phi) is 6.77. The largest absolute Gasteiger partial charge is 0.481 e. The maximum atomic E-state index is 10.9. The molecule has 4 aromatic rings. The Balaban J connectivity index is 1.67. The predicted octanol–water partition coefficient (Wildman–Crippen LogP) is 4.78. The molecular weight excluding hydrogens is 432 g/mol. The molecule has 1 unspecified atom stereocenters. The highest BCUT2D eigenvalue weighted by molar-refractivity contribution is 6.01. The molecule has 0 aliphatic carbocycles. The number of aryl methyl sites for hydroxylation is 2. The monoisotopic (exact) mass is 456 g/mol. The van der Waals surface area contributed by atoms with Crippen LogP contribution in [0.3, 0.4) is 0 Å². The van der Waals surface area contributed by atoms with E-state index in [1.54, 1.807) is 6.20 Å². The van der Waals surface area contributed by atoms with Crippen molar-refractivity contribution in [2.24, 2.45) is 5.16 Å². The minimum absolute atomic E-state index is 0.0563. The second-order valence-corrected chi connectivity index (χ2v) is 8.04. The number of rotatable bonds is 8. The second-order valence-electron chi connectivity index (χ2n) is 8.04. The van der Waals surface area contributed by atoms with Gasteiger partial charge in [-0.15, -0.1) is 10.2 Å². The molecule has 1 atom stereocenters. The van der Waals surface area contributed by atoms with Crippen LogP contribution in [0, 0.1) is 13.8 Å². The highest BCUT2D eigenvalue weighted by Gasteiger charge is 2.21. The van der Waals surface area contributed by atoms with Crippen molar-refractivity contribution in [2.75, 3.05) is 0 Å². The van der Waals surface area contributed by atoms with E-state index in [1.165, 1.54) is 0 Å². The van der Waals surface area contributed by atoms with E-state index < -0.39 is 5.97 Å². The van der Waals surface area contributed by atoms with E-state index in [0.717, 1.165) is 27.9 Å². The zero-order valence-corrected chi connectivity index (χ0v) is 18.8. The van der Waals surface area contributed by atoms with E-state index in [9.17, 15) is 10.0 Å². The lowest BCUT2D eigenvalue weighted by Crippen LogP contribution is -2.12. The van der Waals surface area contributed by atoms with E-state index in [2.05, 4.69) is 39.4 Å². The molecule has 172 valence electrons. The third kappa shape index (κ3) is 5.17. The van der Waals surface area contributed by atoms with E-state index in [-0.39, 0.29) is 24.1 Å². The number of pyridine rings is 1. The fourth-order valence-electron chi connectivity index (χ4n) is 3.95. The summed E-state index contributed by atoms with van der Waals surface area (Å²) in [6.45, 7) is 3.96. The molecule has 8 nitrogen and oxygen atoms in total. The Hall–Kier alpha value is -4.33. The van der Waals surface area contributed by atoms with Crippen molar-refractivity contribution >= 4 is 11.7 Å². The highest BCUT2D eigenvalue weighted by Crippen LogP contribution is 2.33. The van der Waals surface area contributed by atoms with Gasteiger partial charge >= 0.3 is 5.97 Å². The van der Waals surface area contributed by atoms with Crippen molar-refractivity contribution in [3.8, 4) is 11.5 Å². The van der Waals surface area contributed by atoms with Crippen molar-refractivity contribution in [1.82, 2.24) is 15.2 Å². The quantitative estimate of drug-likeness (QED) is 0.222. The highest BCUT2D eigenvalue weighted by atomic mass is 16.4. The number of hydrogen-bond acceptors (Lipinski definition) is 7. The van der Waals surface area contributed by atoms with Crippen molar-refractivity contribution < 1.29 is 19.5 Å². The van der Waals surface area contributed by atoms with Gasteiger partial charge in [0.05, 0.1) is 5.71 Å². The van der Waals surface area contributed by atoms with Gasteiger partial charge in [0.15, 0.2) is 0 Å². The normalized spacial score (nSPS) is 12.5. The first-order chi connectivity index (χ1) is 16.4. The number of carboxylic acids is 1. The number of oxime groups is 1. The number of aromatic nitrogens is 3. The molecule has 0 radical (unpaired) electrons. The van der Waals surface area contributed by atoms with Crippen LogP contribution in [0.25, 0.3) is 11.5 Å². The van der Waals surface area contributed by atoms with Crippen LogP contribution in [0.4, 0.5) is 0 Å². The molecule has 0 spiro atoms.